The zero-order chi connectivity index (χ0) is 13.9. The molecule has 6 heteroatoms. The fourth-order valence-electron chi connectivity index (χ4n) is 1.55. The molecule has 96 valence electrons. The van der Waals surface area contributed by atoms with Crippen LogP contribution in [0.1, 0.15) is 18.4 Å². The van der Waals surface area contributed by atoms with Crippen molar-refractivity contribution in [3.8, 4) is 6.07 Å². The van der Waals surface area contributed by atoms with E-state index in [2.05, 4.69) is 11.4 Å². The van der Waals surface area contributed by atoms with E-state index >= 15 is 0 Å². The number of rotatable bonds is 4. The molecule has 2 rings (SSSR count). The van der Waals surface area contributed by atoms with Gasteiger partial charge in [0.15, 0.2) is 0 Å². The van der Waals surface area contributed by atoms with Gasteiger partial charge in [-0.25, -0.2) is 0 Å². The number of nitrogens with zero attached hydrogens (tertiary/aromatic N) is 2. The number of carbonyl (C=O) groups excluding carboxylic acids is 1. The topological polar surface area (TPSA) is 96.0 Å². The second-order valence-corrected chi connectivity index (χ2v) is 4.37. The van der Waals surface area contributed by atoms with Gasteiger partial charge in [0.1, 0.15) is 5.54 Å². The molecule has 1 aliphatic carbocycles. The number of non-ortho nitro benzene ring substituents is 1. The van der Waals surface area contributed by atoms with E-state index < -0.39 is 10.5 Å². The van der Waals surface area contributed by atoms with Crippen LogP contribution in [-0.4, -0.2) is 16.4 Å². The quantitative estimate of drug-likeness (QED) is 0.505. The summed E-state index contributed by atoms with van der Waals surface area (Å²) in [5.41, 5.74) is 0.00208. The summed E-state index contributed by atoms with van der Waals surface area (Å²) < 4.78 is 0. The van der Waals surface area contributed by atoms with Gasteiger partial charge < -0.3 is 5.32 Å². The van der Waals surface area contributed by atoms with Crippen molar-refractivity contribution in [3.05, 3.63) is 46.0 Å². The van der Waals surface area contributed by atoms with Crippen molar-refractivity contribution in [3.63, 3.8) is 0 Å². The van der Waals surface area contributed by atoms with Gasteiger partial charge in [-0.1, -0.05) is 0 Å². The van der Waals surface area contributed by atoms with E-state index in [-0.39, 0.29) is 11.6 Å². The Kier molecular flexibility index (Phi) is 3.29. The first-order valence-corrected chi connectivity index (χ1v) is 5.71. The predicted molar refractivity (Wildman–Crippen MR) is 67.9 cm³/mol. The van der Waals surface area contributed by atoms with Crippen LogP contribution in [0.2, 0.25) is 0 Å². The highest BCUT2D eigenvalue weighted by Gasteiger charge is 2.44. The van der Waals surface area contributed by atoms with Crippen molar-refractivity contribution < 1.29 is 9.72 Å². The summed E-state index contributed by atoms with van der Waals surface area (Å²) in [6.45, 7) is 0. The van der Waals surface area contributed by atoms with Crippen molar-refractivity contribution in [2.75, 3.05) is 0 Å². The zero-order valence-electron chi connectivity index (χ0n) is 10.00. The van der Waals surface area contributed by atoms with Gasteiger partial charge in [0.05, 0.1) is 11.0 Å². The fraction of sp³-hybridized carbons (Fsp3) is 0.231. The van der Waals surface area contributed by atoms with Crippen molar-refractivity contribution in [1.82, 2.24) is 5.32 Å². The van der Waals surface area contributed by atoms with E-state index in [0.717, 1.165) is 0 Å². The molecule has 6 nitrogen and oxygen atoms in total. The minimum absolute atomic E-state index is 0.00279. The summed E-state index contributed by atoms with van der Waals surface area (Å²) in [5, 5.41) is 21.9. The summed E-state index contributed by atoms with van der Waals surface area (Å²) in [7, 11) is 0. The van der Waals surface area contributed by atoms with Gasteiger partial charge >= 0.3 is 0 Å². The molecule has 0 aromatic heterocycles. The maximum absolute atomic E-state index is 11.5. The summed E-state index contributed by atoms with van der Waals surface area (Å²) in [6.07, 6.45) is 4.23. The summed E-state index contributed by atoms with van der Waals surface area (Å²) in [5.74, 6) is -0.336. The molecular formula is C13H11N3O3. The Morgan fingerprint density at radius 2 is 2.05 bits per heavy atom. The van der Waals surface area contributed by atoms with Crippen LogP contribution in [0, 0.1) is 21.4 Å². The molecule has 0 saturated heterocycles. The highest BCUT2D eigenvalue weighted by molar-refractivity contribution is 5.92. The molecule has 1 aromatic rings. The third-order valence-electron chi connectivity index (χ3n) is 2.86. The number of hydrogen-bond acceptors (Lipinski definition) is 4. The lowest BCUT2D eigenvalue weighted by Gasteiger charge is -2.05. The Bertz CT molecular complexity index is 580. The Morgan fingerprint density at radius 3 is 2.53 bits per heavy atom. The third-order valence-corrected chi connectivity index (χ3v) is 2.86. The first kappa shape index (κ1) is 12.8. The standard InChI is InChI=1S/C13H11N3O3/c14-9-13(7-8-13)15-12(17)6-3-10-1-4-11(5-2-10)16(18)19/h1-6H,7-8H2,(H,15,17). The van der Waals surface area contributed by atoms with E-state index in [1.54, 1.807) is 18.2 Å². The van der Waals surface area contributed by atoms with Crippen LogP contribution in [-0.2, 0) is 4.79 Å². The minimum atomic E-state index is -0.684. The molecule has 0 atom stereocenters. The average Bonchev–Trinajstić information content (AvgIpc) is 3.17. The second-order valence-electron chi connectivity index (χ2n) is 4.37. The Hall–Kier alpha value is -2.68. The van der Waals surface area contributed by atoms with Crippen molar-refractivity contribution in [2.24, 2.45) is 0 Å². The van der Waals surface area contributed by atoms with Gasteiger partial charge in [0, 0.05) is 18.2 Å². The number of amides is 1. The van der Waals surface area contributed by atoms with Gasteiger partial charge in [0.25, 0.3) is 5.69 Å². The maximum atomic E-state index is 11.5. The lowest BCUT2D eigenvalue weighted by molar-refractivity contribution is -0.384. The number of nitrogens with one attached hydrogen (secondary N) is 1. The Balaban J connectivity index is 1.97. The fourth-order valence-corrected chi connectivity index (χ4v) is 1.55. The van der Waals surface area contributed by atoms with E-state index in [4.69, 9.17) is 5.26 Å². The molecule has 0 unspecified atom stereocenters. The molecule has 0 bridgehead atoms. The summed E-state index contributed by atoms with van der Waals surface area (Å²) in [4.78, 5) is 21.5. The summed E-state index contributed by atoms with van der Waals surface area (Å²) >= 11 is 0. The van der Waals surface area contributed by atoms with E-state index in [9.17, 15) is 14.9 Å². The van der Waals surface area contributed by atoms with Crippen LogP contribution in [0.4, 0.5) is 5.69 Å². The Labute approximate surface area is 109 Å². The van der Waals surface area contributed by atoms with Crippen molar-refractivity contribution in [2.45, 2.75) is 18.4 Å². The number of nitriles is 1. The largest absolute Gasteiger partial charge is 0.334 e. The van der Waals surface area contributed by atoms with Gasteiger partial charge in [0.2, 0.25) is 5.91 Å². The SMILES string of the molecule is N#CC1(NC(=O)C=Cc2ccc([N+](=O)[O-])cc2)CC1. The molecule has 0 radical (unpaired) electrons. The van der Waals surface area contributed by atoms with Crippen LogP contribution in [0.25, 0.3) is 6.08 Å². The average molecular weight is 257 g/mol. The molecule has 1 aromatic carbocycles. The molecule has 1 saturated carbocycles. The van der Waals surface area contributed by atoms with E-state index in [1.807, 2.05) is 0 Å². The van der Waals surface area contributed by atoms with E-state index in [1.165, 1.54) is 18.2 Å². The number of hydrogen-bond donors (Lipinski definition) is 1. The third kappa shape index (κ3) is 3.16. The molecule has 0 spiro atoms. The number of nitro groups is 1. The molecule has 1 aliphatic rings. The number of benzene rings is 1. The monoisotopic (exact) mass is 257 g/mol. The normalized spacial score (nSPS) is 15.7. The first-order chi connectivity index (χ1) is 9.04. The molecule has 1 amide bonds. The second kappa shape index (κ2) is 4.90. The van der Waals surface area contributed by atoms with Crippen LogP contribution >= 0.6 is 0 Å². The molecule has 1 N–H and O–H groups in total. The van der Waals surface area contributed by atoms with Crippen molar-refractivity contribution >= 4 is 17.7 Å². The molecule has 0 aliphatic heterocycles. The highest BCUT2D eigenvalue weighted by atomic mass is 16.6. The minimum Gasteiger partial charge on any atom is -0.334 e. The Morgan fingerprint density at radius 1 is 1.42 bits per heavy atom. The molecular weight excluding hydrogens is 246 g/mol. The van der Waals surface area contributed by atoms with Crippen LogP contribution in [0.3, 0.4) is 0 Å². The zero-order valence-corrected chi connectivity index (χ0v) is 10.00. The molecule has 19 heavy (non-hydrogen) atoms. The number of carbonyl (C=O) groups is 1. The molecule has 1 fully saturated rings. The summed E-state index contributed by atoms with van der Waals surface area (Å²) in [6, 6.07) is 7.91. The lowest BCUT2D eigenvalue weighted by Crippen LogP contribution is -2.34. The molecule has 0 heterocycles. The highest BCUT2D eigenvalue weighted by Crippen LogP contribution is 2.34. The van der Waals surface area contributed by atoms with Crippen LogP contribution in [0.5, 0.6) is 0 Å². The van der Waals surface area contributed by atoms with Crippen LogP contribution in [0.15, 0.2) is 30.3 Å². The number of nitro benzene ring substituents is 1. The van der Waals surface area contributed by atoms with Gasteiger partial charge in [-0.05, 0) is 36.6 Å². The van der Waals surface area contributed by atoms with Crippen LogP contribution < -0.4 is 5.32 Å². The smallest absolute Gasteiger partial charge is 0.269 e. The lowest BCUT2D eigenvalue weighted by atomic mass is 10.2. The predicted octanol–water partition coefficient (Wildman–Crippen LogP) is 1.78. The van der Waals surface area contributed by atoms with Crippen molar-refractivity contribution in [1.29, 1.82) is 5.26 Å². The van der Waals surface area contributed by atoms with Gasteiger partial charge in [-0.15, -0.1) is 0 Å². The van der Waals surface area contributed by atoms with E-state index in [0.29, 0.717) is 18.4 Å². The van der Waals surface area contributed by atoms with Gasteiger partial charge in [-0.3, -0.25) is 14.9 Å². The first-order valence-electron chi connectivity index (χ1n) is 5.71. The van der Waals surface area contributed by atoms with Gasteiger partial charge in [-0.2, -0.15) is 5.26 Å². The maximum Gasteiger partial charge on any atom is 0.269 e.